The lowest BCUT2D eigenvalue weighted by Gasteiger charge is -2.10. The molecule has 1 aromatic carbocycles. The van der Waals surface area contributed by atoms with Gasteiger partial charge in [0.15, 0.2) is 0 Å². The third-order valence-corrected chi connectivity index (χ3v) is 4.25. The summed E-state index contributed by atoms with van der Waals surface area (Å²) in [7, 11) is 0. The predicted octanol–water partition coefficient (Wildman–Crippen LogP) is 4.02. The Kier molecular flexibility index (Phi) is 5.26. The van der Waals surface area contributed by atoms with Gasteiger partial charge in [0.25, 0.3) is 5.91 Å². The standard InChI is InChI=1S/C21H23N3O3/c1-5-18-14(4)24-12-16(9-10-19(24)23-18)20(25)22-17-8-6-7-15(11-17)21(26)27-13(2)3/h6-13H,5H2,1-4H3,(H,22,25). The Hall–Kier alpha value is -3.15. The maximum Gasteiger partial charge on any atom is 0.338 e. The SMILES string of the molecule is CCc1nc2ccc(C(=O)Nc3cccc(C(=O)OC(C)C)c3)cn2c1C. The van der Waals surface area contributed by atoms with Crippen molar-refractivity contribution in [2.75, 3.05) is 5.32 Å². The zero-order chi connectivity index (χ0) is 19.6. The molecule has 2 heterocycles. The van der Waals surface area contributed by atoms with Crippen LogP contribution in [0.2, 0.25) is 0 Å². The lowest BCUT2D eigenvalue weighted by Crippen LogP contribution is -2.14. The maximum absolute atomic E-state index is 12.6. The molecule has 3 aromatic rings. The van der Waals surface area contributed by atoms with Crippen molar-refractivity contribution in [1.29, 1.82) is 0 Å². The highest BCUT2D eigenvalue weighted by Crippen LogP contribution is 2.17. The van der Waals surface area contributed by atoms with Gasteiger partial charge in [-0.3, -0.25) is 4.79 Å². The van der Waals surface area contributed by atoms with Gasteiger partial charge < -0.3 is 14.5 Å². The number of esters is 1. The van der Waals surface area contributed by atoms with Crippen molar-refractivity contribution in [2.24, 2.45) is 0 Å². The van der Waals surface area contributed by atoms with E-state index in [1.54, 1.807) is 50.4 Å². The molecular formula is C21H23N3O3. The molecule has 6 nitrogen and oxygen atoms in total. The van der Waals surface area contributed by atoms with E-state index < -0.39 is 5.97 Å². The van der Waals surface area contributed by atoms with Crippen molar-refractivity contribution in [2.45, 2.75) is 40.2 Å². The summed E-state index contributed by atoms with van der Waals surface area (Å²) >= 11 is 0. The smallest absolute Gasteiger partial charge is 0.338 e. The molecule has 2 aromatic heterocycles. The number of nitrogens with zero attached hydrogens (tertiary/aromatic N) is 2. The summed E-state index contributed by atoms with van der Waals surface area (Å²) in [5.41, 5.74) is 4.31. The molecule has 0 fully saturated rings. The number of ether oxygens (including phenoxy) is 1. The van der Waals surface area contributed by atoms with Crippen LogP contribution in [0, 0.1) is 6.92 Å². The second kappa shape index (κ2) is 7.61. The third kappa shape index (κ3) is 4.00. The summed E-state index contributed by atoms with van der Waals surface area (Å²) in [6.07, 6.45) is 2.42. The molecule has 140 valence electrons. The minimum atomic E-state index is -0.413. The lowest BCUT2D eigenvalue weighted by molar-refractivity contribution is 0.0377. The Morgan fingerprint density at radius 3 is 2.67 bits per heavy atom. The number of hydrogen-bond acceptors (Lipinski definition) is 4. The summed E-state index contributed by atoms with van der Waals surface area (Å²) in [4.78, 5) is 29.2. The van der Waals surface area contributed by atoms with Gasteiger partial charge in [0.2, 0.25) is 0 Å². The average Bonchev–Trinajstić information content (AvgIpc) is 2.97. The molecule has 0 saturated heterocycles. The van der Waals surface area contributed by atoms with E-state index in [-0.39, 0.29) is 12.0 Å². The quantitative estimate of drug-likeness (QED) is 0.693. The number of benzene rings is 1. The molecule has 0 aliphatic carbocycles. The van der Waals surface area contributed by atoms with Gasteiger partial charge in [0.05, 0.1) is 22.9 Å². The molecule has 27 heavy (non-hydrogen) atoms. The molecule has 1 N–H and O–H groups in total. The van der Waals surface area contributed by atoms with E-state index in [9.17, 15) is 9.59 Å². The first-order chi connectivity index (χ1) is 12.9. The normalized spacial score (nSPS) is 11.0. The fraction of sp³-hybridized carbons (Fsp3) is 0.286. The molecule has 0 aliphatic heterocycles. The van der Waals surface area contributed by atoms with Gasteiger partial charge in [-0.2, -0.15) is 0 Å². The van der Waals surface area contributed by atoms with Crippen molar-refractivity contribution < 1.29 is 14.3 Å². The molecule has 0 spiro atoms. The van der Waals surface area contributed by atoms with Crippen LogP contribution in [-0.4, -0.2) is 27.4 Å². The Labute approximate surface area is 158 Å². The van der Waals surface area contributed by atoms with Crippen LogP contribution in [-0.2, 0) is 11.2 Å². The van der Waals surface area contributed by atoms with Crippen LogP contribution in [0.25, 0.3) is 5.65 Å². The van der Waals surface area contributed by atoms with Gasteiger partial charge in [0, 0.05) is 17.6 Å². The van der Waals surface area contributed by atoms with Gasteiger partial charge in [-0.05, 0) is 57.5 Å². The van der Waals surface area contributed by atoms with E-state index >= 15 is 0 Å². The molecular weight excluding hydrogens is 342 g/mol. The number of nitrogens with one attached hydrogen (secondary N) is 1. The number of carbonyl (C=O) groups is 2. The van der Waals surface area contributed by atoms with Crippen molar-refractivity contribution in [1.82, 2.24) is 9.38 Å². The van der Waals surface area contributed by atoms with Gasteiger partial charge in [-0.1, -0.05) is 13.0 Å². The number of anilines is 1. The molecule has 0 saturated carbocycles. The zero-order valence-electron chi connectivity index (χ0n) is 15.9. The Bertz CT molecular complexity index is 1010. The third-order valence-electron chi connectivity index (χ3n) is 4.25. The van der Waals surface area contributed by atoms with Crippen LogP contribution in [0.15, 0.2) is 42.6 Å². The minimum Gasteiger partial charge on any atom is -0.459 e. The van der Waals surface area contributed by atoms with E-state index in [0.29, 0.717) is 16.8 Å². The molecule has 0 aliphatic rings. The second-order valence-electron chi connectivity index (χ2n) is 6.63. The largest absolute Gasteiger partial charge is 0.459 e. The van der Waals surface area contributed by atoms with Gasteiger partial charge in [-0.25, -0.2) is 9.78 Å². The summed E-state index contributed by atoms with van der Waals surface area (Å²) in [5, 5.41) is 2.83. The first-order valence-corrected chi connectivity index (χ1v) is 8.99. The number of fused-ring (bicyclic) bond motifs is 1. The molecule has 3 rings (SSSR count). The minimum absolute atomic E-state index is 0.200. The molecule has 1 amide bonds. The highest BCUT2D eigenvalue weighted by Gasteiger charge is 2.13. The highest BCUT2D eigenvalue weighted by atomic mass is 16.5. The van der Waals surface area contributed by atoms with E-state index in [1.807, 2.05) is 17.4 Å². The first kappa shape index (κ1) is 18.6. The Balaban J connectivity index is 1.82. The topological polar surface area (TPSA) is 72.7 Å². The fourth-order valence-electron chi connectivity index (χ4n) is 2.89. The van der Waals surface area contributed by atoms with Crippen LogP contribution in [0.3, 0.4) is 0 Å². The van der Waals surface area contributed by atoms with Crippen LogP contribution in [0.1, 0.15) is 52.9 Å². The number of rotatable bonds is 5. The fourth-order valence-corrected chi connectivity index (χ4v) is 2.89. The van der Waals surface area contributed by atoms with Crippen molar-refractivity contribution in [3.63, 3.8) is 0 Å². The van der Waals surface area contributed by atoms with E-state index in [2.05, 4.69) is 17.2 Å². The number of imidazole rings is 1. The number of amides is 1. The predicted molar refractivity (Wildman–Crippen MR) is 104 cm³/mol. The van der Waals surface area contributed by atoms with E-state index in [1.165, 1.54) is 0 Å². The summed E-state index contributed by atoms with van der Waals surface area (Å²) < 4.78 is 7.11. The molecule has 0 bridgehead atoms. The number of hydrogen-bond donors (Lipinski definition) is 1. The first-order valence-electron chi connectivity index (χ1n) is 8.99. The van der Waals surface area contributed by atoms with Crippen LogP contribution < -0.4 is 5.32 Å². The Morgan fingerprint density at radius 1 is 1.19 bits per heavy atom. The van der Waals surface area contributed by atoms with Crippen LogP contribution in [0.5, 0.6) is 0 Å². The number of carbonyl (C=O) groups excluding carboxylic acids is 2. The summed E-state index contributed by atoms with van der Waals surface area (Å²) in [6, 6.07) is 10.3. The molecule has 0 radical (unpaired) electrons. The number of pyridine rings is 1. The Morgan fingerprint density at radius 2 is 1.96 bits per heavy atom. The average molecular weight is 365 g/mol. The summed E-state index contributed by atoms with van der Waals surface area (Å²) in [5.74, 6) is -0.666. The van der Waals surface area contributed by atoms with E-state index in [0.717, 1.165) is 23.5 Å². The van der Waals surface area contributed by atoms with Crippen molar-refractivity contribution >= 4 is 23.2 Å². The lowest BCUT2D eigenvalue weighted by atomic mass is 10.2. The second-order valence-corrected chi connectivity index (χ2v) is 6.63. The molecule has 0 atom stereocenters. The highest BCUT2D eigenvalue weighted by molar-refractivity contribution is 6.04. The number of aryl methyl sites for hydroxylation is 2. The maximum atomic E-state index is 12.6. The van der Waals surface area contributed by atoms with Gasteiger partial charge in [-0.15, -0.1) is 0 Å². The van der Waals surface area contributed by atoms with Gasteiger partial charge in [0.1, 0.15) is 5.65 Å². The summed E-state index contributed by atoms with van der Waals surface area (Å²) in [6.45, 7) is 7.63. The molecule has 0 unspecified atom stereocenters. The van der Waals surface area contributed by atoms with Crippen LogP contribution >= 0.6 is 0 Å². The monoisotopic (exact) mass is 365 g/mol. The van der Waals surface area contributed by atoms with Gasteiger partial charge >= 0.3 is 5.97 Å². The zero-order valence-corrected chi connectivity index (χ0v) is 15.9. The van der Waals surface area contributed by atoms with Crippen molar-refractivity contribution in [3.8, 4) is 0 Å². The molecule has 6 heteroatoms. The van der Waals surface area contributed by atoms with Crippen molar-refractivity contribution in [3.05, 3.63) is 65.1 Å². The number of aromatic nitrogens is 2. The van der Waals surface area contributed by atoms with Crippen LogP contribution in [0.4, 0.5) is 5.69 Å². The van der Waals surface area contributed by atoms with E-state index in [4.69, 9.17) is 4.74 Å².